The Morgan fingerprint density at radius 1 is 0.773 bits per heavy atom. The zero-order chi connectivity index (χ0) is 14.9. The minimum absolute atomic E-state index is 0.851. The van der Waals surface area contributed by atoms with Crippen molar-refractivity contribution in [3.8, 4) is 28.4 Å². The summed E-state index contributed by atoms with van der Waals surface area (Å²) in [4.78, 5) is 0. The van der Waals surface area contributed by atoms with E-state index in [0.29, 0.717) is 0 Å². The van der Waals surface area contributed by atoms with Gasteiger partial charge in [0.25, 0.3) is 0 Å². The van der Waals surface area contributed by atoms with Crippen LogP contribution in [0.25, 0.3) is 11.1 Å². The lowest BCUT2D eigenvalue weighted by Gasteiger charge is -2.23. The number of para-hydroxylation sites is 1. The van der Waals surface area contributed by atoms with Gasteiger partial charge in [-0.05, 0) is 23.8 Å². The molecule has 107 valence electrons. The van der Waals surface area contributed by atoms with Crippen LogP contribution < -0.4 is 9.47 Å². The average molecular weight is 287 g/mol. The Morgan fingerprint density at radius 2 is 1.55 bits per heavy atom. The summed E-state index contributed by atoms with van der Waals surface area (Å²) in [6, 6.07) is 22.2. The molecule has 1 aliphatic rings. The molecular weight excluding hydrogens is 272 g/mol. The van der Waals surface area contributed by atoms with Crippen LogP contribution in [0.2, 0.25) is 0 Å². The topological polar surface area (TPSA) is 18.5 Å². The Bertz CT molecular complexity index is 822. The Kier molecular flexibility index (Phi) is 3.08. The molecule has 0 fully saturated rings. The Labute approximate surface area is 129 Å². The van der Waals surface area contributed by atoms with Crippen LogP contribution in [0, 0.1) is 6.42 Å². The summed E-state index contributed by atoms with van der Waals surface area (Å²) in [6.45, 7) is 0. The fourth-order valence-electron chi connectivity index (χ4n) is 2.85. The molecule has 3 aromatic carbocycles. The Hall–Kier alpha value is -2.74. The number of fused-ring (bicyclic) bond motifs is 2. The van der Waals surface area contributed by atoms with Crippen molar-refractivity contribution in [2.75, 3.05) is 7.11 Å². The molecule has 2 nitrogen and oxygen atoms in total. The first kappa shape index (κ1) is 13.0. The normalized spacial score (nSPS) is 12.0. The molecule has 1 radical (unpaired) electrons. The first-order valence-corrected chi connectivity index (χ1v) is 7.25. The lowest BCUT2D eigenvalue weighted by molar-refractivity contribution is 0.413. The van der Waals surface area contributed by atoms with Crippen molar-refractivity contribution >= 4 is 0 Å². The van der Waals surface area contributed by atoms with Gasteiger partial charge in [-0.1, -0.05) is 48.5 Å². The number of hydrogen-bond donors (Lipinski definition) is 0. The molecule has 0 unspecified atom stereocenters. The highest BCUT2D eigenvalue weighted by molar-refractivity contribution is 5.80. The predicted octanol–water partition coefficient (Wildman–Crippen LogP) is 5.07. The molecule has 0 aliphatic carbocycles. The van der Waals surface area contributed by atoms with Crippen LogP contribution in [-0.4, -0.2) is 7.11 Å². The second-order valence-electron chi connectivity index (χ2n) is 5.20. The number of rotatable bonds is 2. The van der Waals surface area contributed by atoms with Gasteiger partial charge in [-0.25, -0.2) is 0 Å². The summed E-state index contributed by atoms with van der Waals surface area (Å²) in [7, 11) is 1.70. The molecule has 1 aliphatic heterocycles. The lowest BCUT2D eigenvalue weighted by Crippen LogP contribution is -2.04. The van der Waals surface area contributed by atoms with Crippen LogP contribution in [0.5, 0.6) is 17.2 Å². The molecule has 2 heteroatoms. The minimum Gasteiger partial charge on any atom is -0.496 e. The molecule has 0 bridgehead atoms. The molecule has 0 N–H and O–H groups in total. The van der Waals surface area contributed by atoms with Gasteiger partial charge in [0, 0.05) is 23.1 Å². The van der Waals surface area contributed by atoms with Gasteiger partial charge in [0.05, 0.1) is 7.11 Å². The summed E-state index contributed by atoms with van der Waals surface area (Å²) < 4.78 is 11.6. The van der Waals surface area contributed by atoms with E-state index in [1.165, 1.54) is 0 Å². The van der Waals surface area contributed by atoms with Crippen molar-refractivity contribution in [2.24, 2.45) is 0 Å². The van der Waals surface area contributed by atoms with E-state index in [2.05, 4.69) is 24.6 Å². The number of hydrogen-bond acceptors (Lipinski definition) is 2. The van der Waals surface area contributed by atoms with Crippen LogP contribution in [0.4, 0.5) is 0 Å². The monoisotopic (exact) mass is 287 g/mol. The molecule has 4 rings (SSSR count). The molecule has 1 heterocycles. The second kappa shape index (κ2) is 5.23. The number of methoxy groups -OCH3 is 1. The van der Waals surface area contributed by atoms with E-state index in [1.807, 2.05) is 48.5 Å². The molecule has 0 aromatic heterocycles. The quantitative estimate of drug-likeness (QED) is 0.512. The molecule has 0 amide bonds. The summed E-state index contributed by atoms with van der Waals surface area (Å²) in [5.41, 5.74) is 4.33. The molecule has 0 saturated heterocycles. The first-order chi connectivity index (χ1) is 10.9. The van der Waals surface area contributed by atoms with Crippen molar-refractivity contribution < 1.29 is 9.47 Å². The SMILES string of the molecule is COc1ccc2c(c1-c1ccccc1)[CH]c1ccccc1O2. The maximum atomic E-state index is 6.05. The third-order valence-corrected chi connectivity index (χ3v) is 3.89. The third kappa shape index (κ3) is 2.04. The maximum Gasteiger partial charge on any atom is 0.132 e. The van der Waals surface area contributed by atoms with Crippen molar-refractivity contribution in [1.82, 2.24) is 0 Å². The lowest BCUT2D eigenvalue weighted by atomic mass is 9.91. The van der Waals surface area contributed by atoms with Gasteiger partial charge in [-0.3, -0.25) is 0 Å². The summed E-state index contributed by atoms with van der Waals surface area (Å²) >= 11 is 0. The fourth-order valence-corrected chi connectivity index (χ4v) is 2.85. The van der Waals surface area contributed by atoms with E-state index < -0.39 is 0 Å². The number of benzene rings is 3. The van der Waals surface area contributed by atoms with E-state index >= 15 is 0 Å². The summed E-state index contributed by atoms with van der Waals surface area (Å²) in [6.07, 6.45) is 2.17. The molecule has 0 atom stereocenters. The van der Waals surface area contributed by atoms with Crippen molar-refractivity contribution in [1.29, 1.82) is 0 Å². The van der Waals surface area contributed by atoms with Gasteiger partial charge < -0.3 is 9.47 Å². The van der Waals surface area contributed by atoms with Gasteiger partial charge >= 0.3 is 0 Å². The second-order valence-corrected chi connectivity index (χ2v) is 5.20. The van der Waals surface area contributed by atoms with Crippen LogP contribution >= 0.6 is 0 Å². The molecule has 0 saturated carbocycles. The molecular formula is C20H15O2. The highest BCUT2D eigenvalue weighted by Gasteiger charge is 2.23. The van der Waals surface area contributed by atoms with E-state index in [0.717, 1.165) is 39.5 Å². The van der Waals surface area contributed by atoms with Gasteiger partial charge in [-0.15, -0.1) is 0 Å². The van der Waals surface area contributed by atoms with Gasteiger partial charge in [0.15, 0.2) is 0 Å². The highest BCUT2D eigenvalue weighted by Crippen LogP contribution is 2.45. The third-order valence-electron chi connectivity index (χ3n) is 3.89. The zero-order valence-electron chi connectivity index (χ0n) is 12.2. The van der Waals surface area contributed by atoms with Gasteiger partial charge in [-0.2, -0.15) is 0 Å². The highest BCUT2D eigenvalue weighted by atomic mass is 16.5. The predicted molar refractivity (Wildman–Crippen MR) is 87.5 cm³/mol. The smallest absolute Gasteiger partial charge is 0.132 e. The Balaban J connectivity index is 1.92. The van der Waals surface area contributed by atoms with E-state index in [9.17, 15) is 0 Å². The zero-order valence-corrected chi connectivity index (χ0v) is 12.2. The maximum absolute atomic E-state index is 6.05. The number of ether oxygens (including phenoxy) is 2. The van der Waals surface area contributed by atoms with Crippen LogP contribution in [0.3, 0.4) is 0 Å². The first-order valence-electron chi connectivity index (χ1n) is 7.25. The largest absolute Gasteiger partial charge is 0.496 e. The van der Waals surface area contributed by atoms with Gasteiger partial charge in [0.2, 0.25) is 0 Å². The summed E-state index contributed by atoms with van der Waals surface area (Å²) in [5, 5.41) is 0. The summed E-state index contributed by atoms with van der Waals surface area (Å²) in [5.74, 6) is 2.60. The van der Waals surface area contributed by atoms with Crippen LogP contribution in [0.1, 0.15) is 11.1 Å². The molecule has 0 spiro atoms. The van der Waals surface area contributed by atoms with E-state index in [4.69, 9.17) is 9.47 Å². The van der Waals surface area contributed by atoms with Crippen LogP contribution in [-0.2, 0) is 0 Å². The minimum atomic E-state index is 0.851. The molecule has 3 aromatic rings. The average Bonchev–Trinajstić information content (AvgIpc) is 2.59. The van der Waals surface area contributed by atoms with E-state index in [-0.39, 0.29) is 0 Å². The Morgan fingerprint density at radius 3 is 2.36 bits per heavy atom. The van der Waals surface area contributed by atoms with Crippen molar-refractivity contribution in [3.05, 3.63) is 84.3 Å². The van der Waals surface area contributed by atoms with E-state index in [1.54, 1.807) is 7.11 Å². The van der Waals surface area contributed by atoms with Gasteiger partial charge in [0.1, 0.15) is 17.2 Å². The van der Waals surface area contributed by atoms with Crippen molar-refractivity contribution in [2.45, 2.75) is 0 Å². The molecule has 22 heavy (non-hydrogen) atoms. The van der Waals surface area contributed by atoms with Crippen LogP contribution in [0.15, 0.2) is 66.7 Å². The van der Waals surface area contributed by atoms with Crippen molar-refractivity contribution in [3.63, 3.8) is 0 Å². The standard InChI is InChI=1S/C20H15O2/c1-21-19-12-11-18-16(20(19)14-7-3-2-4-8-14)13-15-9-5-6-10-17(15)22-18/h2-13H,1H3. The fraction of sp³-hybridized carbons (Fsp3) is 0.0500.